The van der Waals surface area contributed by atoms with E-state index in [9.17, 15) is 4.79 Å². The number of benzene rings is 1. The maximum Gasteiger partial charge on any atom is 0.223 e. The largest absolute Gasteiger partial charge is 0.394 e. The summed E-state index contributed by atoms with van der Waals surface area (Å²) in [6, 6.07) is 7.97. The van der Waals surface area contributed by atoms with Crippen LogP contribution in [0.1, 0.15) is 17.5 Å². The molecule has 1 aliphatic carbocycles. The summed E-state index contributed by atoms with van der Waals surface area (Å²) in [6.07, 6.45) is 2.60. The first-order valence-corrected chi connectivity index (χ1v) is 6.71. The van der Waals surface area contributed by atoms with Crippen LogP contribution < -0.4 is 5.32 Å². The van der Waals surface area contributed by atoms with E-state index in [0.717, 1.165) is 19.3 Å². The number of rotatable bonds is 5. The highest BCUT2D eigenvalue weighted by molar-refractivity contribution is 5.79. The van der Waals surface area contributed by atoms with Crippen LogP contribution in [0, 0.1) is 5.92 Å². The van der Waals surface area contributed by atoms with E-state index in [1.807, 2.05) is 12.1 Å². The molecule has 2 N–H and O–H groups in total. The third-order valence-electron chi connectivity index (χ3n) is 3.65. The van der Waals surface area contributed by atoms with Gasteiger partial charge in [-0.3, -0.25) is 4.79 Å². The van der Waals surface area contributed by atoms with Crippen LogP contribution in [-0.4, -0.2) is 37.4 Å². The zero-order valence-corrected chi connectivity index (χ0v) is 11.3. The molecule has 0 saturated heterocycles. The van der Waals surface area contributed by atoms with Crippen LogP contribution in [0.25, 0.3) is 0 Å². The van der Waals surface area contributed by atoms with Crippen molar-refractivity contribution in [2.24, 2.45) is 5.92 Å². The number of methoxy groups -OCH3 is 1. The van der Waals surface area contributed by atoms with Crippen molar-refractivity contribution in [3.8, 4) is 0 Å². The molecule has 4 nitrogen and oxygen atoms in total. The SMILES string of the molecule is COCC(CO)NC(=O)C1CCc2ccccc2C1. The molecule has 0 aromatic heterocycles. The van der Waals surface area contributed by atoms with Gasteiger partial charge in [0.05, 0.1) is 19.3 Å². The quantitative estimate of drug-likeness (QED) is 0.830. The summed E-state index contributed by atoms with van der Waals surface area (Å²) in [4.78, 5) is 12.2. The Hall–Kier alpha value is -1.39. The van der Waals surface area contributed by atoms with Gasteiger partial charge in [-0.15, -0.1) is 0 Å². The van der Waals surface area contributed by atoms with Crippen LogP contribution in [0.4, 0.5) is 0 Å². The molecule has 0 radical (unpaired) electrons. The minimum atomic E-state index is -0.310. The number of aliphatic hydroxyl groups is 1. The lowest BCUT2D eigenvalue weighted by Crippen LogP contribution is -2.44. The lowest BCUT2D eigenvalue weighted by Gasteiger charge is -2.25. The van der Waals surface area contributed by atoms with Crippen molar-refractivity contribution in [3.05, 3.63) is 35.4 Å². The summed E-state index contributed by atoms with van der Waals surface area (Å²) < 4.78 is 4.96. The highest BCUT2D eigenvalue weighted by Gasteiger charge is 2.25. The molecule has 2 unspecified atom stereocenters. The number of hydrogen-bond acceptors (Lipinski definition) is 3. The fourth-order valence-electron chi connectivity index (χ4n) is 2.58. The maximum atomic E-state index is 12.2. The van der Waals surface area contributed by atoms with Gasteiger partial charge >= 0.3 is 0 Å². The van der Waals surface area contributed by atoms with Crippen molar-refractivity contribution in [2.45, 2.75) is 25.3 Å². The summed E-state index contributed by atoms with van der Waals surface area (Å²) in [5, 5.41) is 12.0. The Morgan fingerprint density at radius 3 is 2.89 bits per heavy atom. The zero-order chi connectivity index (χ0) is 13.7. The first kappa shape index (κ1) is 14.0. The van der Waals surface area contributed by atoms with Gasteiger partial charge in [-0.25, -0.2) is 0 Å². The molecule has 1 aliphatic rings. The third kappa shape index (κ3) is 3.55. The fourth-order valence-corrected chi connectivity index (χ4v) is 2.58. The first-order valence-electron chi connectivity index (χ1n) is 6.71. The van der Waals surface area contributed by atoms with Gasteiger partial charge in [0.1, 0.15) is 0 Å². The number of aryl methyl sites for hydroxylation is 1. The standard InChI is InChI=1S/C15H21NO3/c1-19-10-14(9-17)16-15(18)13-7-6-11-4-2-3-5-12(11)8-13/h2-5,13-14,17H,6-10H2,1H3,(H,16,18). The van der Waals surface area contributed by atoms with Crippen LogP contribution in [0.3, 0.4) is 0 Å². The number of nitrogens with one attached hydrogen (secondary N) is 1. The summed E-state index contributed by atoms with van der Waals surface area (Å²) in [5.74, 6) is 0.0198. The normalized spacial score (nSPS) is 19.6. The van der Waals surface area contributed by atoms with E-state index in [4.69, 9.17) is 9.84 Å². The van der Waals surface area contributed by atoms with E-state index in [-0.39, 0.29) is 24.5 Å². The lowest BCUT2D eigenvalue weighted by molar-refractivity contribution is -0.126. The predicted molar refractivity (Wildman–Crippen MR) is 72.8 cm³/mol. The summed E-state index contributed by atoms with van der Waals surface area (Å²) in [6.45, 7) is 0.244. The Labute approximate surface area is 113 Å². The average Bonchev–Trinajstić information content (AvgIpc) is 2.46. The molecule has 0 saturated carbocycles. The molecule has 104 valence electrons. The van der Waals surface area contributed by atoms with Gasteiger partial charge in [0.15, 0.2) is 0 Å². The van der Waals surface area contributed by atoms with Crippen molar-refractivity contribution in [1.29, 1.82) is 0 Å². The molecule has 2 atom stereocenters. The number of fused-ring (bicyclic) bond motifs is 1. The Morgan fingerprint density at radius 2 is 2.21 bits per heavy atom. The molecule has 4 heteroatoms. The zero-order valence-electron chi connectivity index (χ0n) is 11.3. The topological polar surface area (TPSA) is 58.6 Å². The Kier molecular flexibility index (Phi) is 4.93. The van der Waals surface area contributed by atoms with Crippen LogP contribution in [0.5, 0.6) is 0 Å². The van der Waals surface area contributed by atoms with E-state index in [1.165, 1.54) is 11.1 Å². The summed E-state index contributed by atoms with van der Waals surface area (Å²) in [7, 11) is 1.56. The molecule has 0 spiro atoms. The van der Waals surface area contributed by atoms with Gasteiger partial charge in [-0.2, -0.15) is 0 Å². The number of carbonyl (C=O) groups excluding carboxylic acids is 1. The lowest BCUT2D eigenvalue weighted by atomic mass is 9.83. The number of amides is 1. The van der Waals surface area contributed by atoms with Crippen molar-refractivity contribution >= 4 is 5.91 Å². The van der Waals surface area contributed by atoms with Crippen molar-refractivity contribution in [3.63, 3.8) is 0 Å². The number of carbonyl (C=O) groups is 1. The fraction of sp³-hybridized carbons (Fsp3) is 0.533. The second-order valence-corrected chi connectivity index (χ2v) is 5.05. The molecule has 19 heavy (non-hydrogen) atoms. The van der Waals surface area contributed by atoms with Gasteiger partial charge < -0.3 is 15.2 Å². The van der Waals surface area contributed by atoms with E-state index >= 15 is 0 Å². The van der Waals surface area contributed by atoms with Gasteiger partial charge in [-0.05, 0) is 30.4 Å². The van der Waals surface area contributed by atoms with Crippen LogP contribution >= 0.6 is 0 Å². The summed E-state index contributed by atoms with van der Waals surface area (Å²) >= 11 is 0. The van der Waals surface area contributed by atoms with E-state index in [1.54, 1.807) is 7.11 Å². The van der Waals surface area contributed by atoms with E-state index in [2.05, 4.69) is 17.4 Å². The van der Waals surface area contributed by atoms with Crippen LogP contribution in [-0.2, 0) is 22.4 Å². The molecule has 1 aromatic carbocycles. The molecular weight excluding hydrogens is 242 g/mol. The van der Waals surface area contributed by atoms with Crippen molar-refractivity contribution in [2.75, 3.05) is 20.3 Å². The average molecular weight is 263 g/mol. The molecular formula is C15H21NO3. The second-order valence-electron chi connectivity index (χ2n) is 5.05. The summed E-state index contributed by atoms with van der Waals surface area (Å²) in [5.41, 5.74) is 2.61. The first-order chi connectivity index (χ1) is 9.24. The number of hydrogen-bond donors (Lipinski definition) is 2. The highest BCUT2D eigenvalue weighted by Crippen LogP contribution is 2.25. The van der Waals surface area contributed by atoms with Gasteiger partial charge in [0.25, 0.3) is 0 Å². The van der Waals surface area contributed by atoms with Crippen LogP contribution in [0.2, 0.25) is 0 Å². The predicted octanol–water partition coefficient (Wildman–Crippen LogP) is 0.915. The van der Waals surface area contributed by atoms with Gasteiger partial charge in [0, 0.05) is 13.0 Å². The van der Waals surface area contributed by atoms with Gasteiger partial charge in [-0.1, -0.05) is 24.3 Å². The third-order valence-corrected chi connectivity index (χ3v) is 3.65. The van der Waals surface area contributed by atoms with Crippen molar-refractivity contribution in [1.82, 2.24) is 5.32 Å². The van der Waals surface area contributed by atoms with E-state index in [0.29, 0.717) is 6.61 Å². The van der Waals surface area contributed by atoms with Gasteiger partial charge in [0.2, 0.25) is 5.91 Å². The smallest absolute Gasteiger partial charge is 0.223 e. The van der Waals surface area contributed by atoms with Crippen LogP contribution in [0.15, 0.2) is 24.3 Å². The minimum Gasteiger partial charge on any atom is -0.394 e. The monoisotopic (exact) mass is 263 g/mol. The molecule has 1 amide bonds. The molecule has 0 bridgehead atoms. The van der Waals surface area contributed by atoms with E-state index < -0.39 is 0 Å². The minimum absolute atomic E-state index is 0.000746. The highest BCUT2D eigenvalue weighted by atomic mass is 16.5. The second kappa shape index (κ2) is 6.68. The Balaban J connectivity index is 1.95. The number of aliphatic hydroxyl groups excluding tert-OH is 1. The molecule has 1 aromatic rings. The van der Waals surface area contributed by atoms with Crippen molar-refractivity contribution < 1.29 is 14.6 Å². The molecule has 2 rings (SSSR count). The molecule has 0 aliphatic heterocycles. The number of ether oxygens (including phenoxy) is 1. The Bertz CT molecular complexity index is 433. The maximum absolute atomic E-state index is 12.2. The molecule has 0 fully saturated rings. The molecule has 0 heterocycles. The Morgan fingerprint density at radius 1 is 1.47 bits per heavy atom.